The van der Waals surface area contributed by atoms with Crippen molar-refractivity contribution in [1.82, 2.24) is 4.90 Å². The quantitative estimate of drug-likeness (QED) is 0.747. The number of ether oxygens (including phenoxy) is 2. The second-order valence-electron chi connectivity index (χ2n) is 6.68. The number of piperidine rings is 1. The highest BCUT2D eigenvalue weighted by atomic mass is 19.1. The number of carbonyl (C=O) groups excluding carboxylic acids is 1. The molecule has 1 aromatic carbocycles. The van der Waals surface area contributed by atoms with Crippen LogP contribution >= 0.6 is 0 Å². The molecule has 4 nitrogen and oxygen atoms in total. The fraction of sp³-hybridized carbons (Fsp3) is 0.562. The molecule has 0 bridgehead atoms. The first-order chi connectivity index (χ1) is 9.80. The van der Waals surface area contributed by atoms with Crippen LogP contribution in [-0.4, -0.2) is 35.8 Å². The molecule has 1 amide bonds. The molecule has 2 saturated heterocycles. The number of hydrogen-bond acceptors (Lipinski definition) is 3. The van der Waals surface area contributed by atoms with Gasteiger partial charge in [-0.3, -0.25) is 0 Å². The van der Waals surface area contributed by atoms with Gasteiger partial charge in [-0.1, -0.05) is 12.1 Å². The lowest BCUT2D eigenvalue weighted by atomic mass is 9.89. The fourth-order valence-corrected chi connectivity index (χ4v) is 2.84. The Balaban J connectivity index is 1.65. The molecule has 2 atom stereocenters. The largest absolute Gasteiger partial charge is 0.444 e. The van der Waals surface area contributed by atoms with Crippen LogP contribution in [-0.2, 0) is 15.1 Å². The predicted octanol–water partition coefficient (Wildman–Crippen LogP) is 3.06. The average Bonchev–Trinajstić information content (AvgIpc) is 3.11. The van der Waals surface area contributed by atoms with Crippen molar-refractivity contribution >= 4 is 6.09 Å². The van der Waals surface area contributed by atoms with E-state index in [1.165, 1.54) is 12.1 Å². The Morgan fingerprint density at radius 2 is 2.05 bits per heavy atom. The summed E-state index contributed by atoms with van der Waals surface area (Å²) in [5, 5.41) is 0. The highest BCUT2D eigenvalue weighted by Gasteiger charge is 2.60. The molecule has 3 rings (SSSR count). The molecule has 1 aromatic rings. The summed E-state index contributed by atoms with van der Waals surface area (Å²) in [6, 6.07) is 6.42. The maximum Gasteiger partial charge on any atom is 0.410 e. The van der Waals surface area contributed by atoms with Crippen LogP contribution in [0.1, 0.15) is 32.8 Å². The Hall–Kier alpha value is -1.62. The van der Waals surface area contributed by atoms with Crippen molar-refractivity contribution in [1.29, 1.82) is 0 Å². The minimum Gasteiger partial charge on any atom is -0.444 e. The number of rotatable bonds is 1. The van der Waals surface area contributed by atoms with Crippen molar-refractivity contribution in [3.63, 3.8) is 0 Å². The highest BCUT2D eigenvalue weighted by molar-refractivity contribution is 5.68. The number of nitrogens with zero attached hydrogens (tertiary/aromatic N) is 1. The molecule has 2 fully saturated rings. The number of halogens is 1. The number of fused-ring (bicyclic) bond motifs is 1. The zero-order chi connectivity index (χ0) is 15.3. The lowest BCUT2D eigenvalue weighted by molar-refractivity contribution is 0.0217. The van der Waals surface area contributed by atoms with E-state index in [1.807, 2.05) is 20.8 Å². The van der Waals surface area contributed by atoms with E-state index in [1.54, 1.807) is 17.0 Å². The van der Waals surface area contributed by atoms with Gasteiger partial charge in [0.25, 0.3) is 0 Å². The van der Waals surface area contributed by atoms with Crippen LogP contribution in [0.5, 0.6) is 0 Å². The molecule has 114 valence electrons. The van der Waals surface area contributed by atoms with Crippen LogP contribution in [0.25, 0.3) is 0 Å². The van der Waals surface area contributed by atoms with Crippen molar-refractivity contribution < 1.29 is 18.7 Å². The average molecular weight is 293 g/mol. The van der Waals surface area contributed by atoms with E-state index in [4.69, 9.17) is 9.47 Å². The summed E-state index contributed by atoms with van der Waals surface area (Å²) in [5.41, 5.74) is 0.150. The van der Waals surface area contributed by atoms with Crippen LogP contribution in [0.3, 0.4) is 0 Å². The van der Waals surface area contributed by atoms with Gasteiger partial charge in [-0.2, -0.15) is 0 Å². The Kier molecular flexibility index (Phi) is 3.20. The number of epoxide rings is 1. The van der Waals surface area contributed by atoms with Crippen molar-refractivity contribution in [3.05, 3.63) is 35.6 Å². The molecule has 0 saturated carbocycles. The van der Waals surface area contributed by atoms with E-state index in [-0.39, 0.29) is 23.6 Å². The molecule has 0 aromatic heterocycles. The molecule has 0 N–H and O–H groups in total. The van der Waals surface area contributed by atoms with E-state index >= 15 is 0 Å². The van der Waals surface area contributed by atoms with Crippen molar-refractivity contribution in [3.8, 4) is 0 Å². The number of likely N-dealkylation sites (tertiary alicyclic amines) is 1. The summed E-state index contributed by atoms with van der Waals surface area (Å²) >= 11 is 0. The minimum absolute atomic E-state index is 0.0239. The Morgan fingerprint density at radius 1 is 1.38 bits per heavy atom. The van der Waals surface area contributed by atoms with Gasteiger partial charge in [0.05, 0.1) is 6.54 Å². The van der Waals surface area contributed by atoms with Crippen LogP contribution in [0.15, 0.2) is 24.3 Å². The molecule has 2 aliphatic rings. The molecule has 2 heterocycles. The predicted molar refractivity (Wildman–Crippen MR) is 75.4 cm³/mol. The second kappa shape index (κ2) is 4.70. The van der Waals surface area contributed by atoms with Crippen molar-refractivity contribution in [2.24, 2.45) is 0 Å². The summed E-state index contributed by atoms with van der Waals surface area (Å²) in [5.74, 6) is -0.251. The third-order valence-electron chi connectivity index (χ3n) is 3.94. The summed E-state index contributed by atoms with van der Waals surface area (Å²) in [6.07, 6.45) is 0.387. The lowest BCUT2D eigenvalue weighted by Crippen LogP contribution is -2.44. The molecule has 2 aliphatic heterocycles. The third kappa shape index (κ3) is 2.75. The Bertz CT molecular complexity index is 552. The molecular formula is C16H20FNO3. The fourth-order valence-electron chi connectivity index (χ4n) is 2.84. The van der Waals surface area contributed by atoms with Gasteiger partial charge in [0, 0.05) is 13.0 Å². The molecule has 0 radical (unpaired) electrons. The normalized spacial score (nSPS) is 28.0. The summed E-state index contributed by atoms with van der Waals surface area (Å²) < 4.78 is 24.2. The molecule has 0 aliphatic carbocycles. The van der Waals surface area contributed by atoms with Gasteiger partial charge in [-0.25, -0.2) is 9.18 Å². The summed E-state index contributed by atoms with van der Waals surface area (Å²) in [6.45, 7) is 6.66. The number of hydrogen-bond donors (Lipinski definition) is 0. The molecule has 0 spiro atoms. The van der Waals surface area contributed by atoms with Gasteiger partial charge in [0.2, 0.25) is 0 Å². The summed E-state index contributed by atoms with van der Waals surface area (Å²) in [7, 11) is 0. The van der Waals surface area contributed by atoms with Crippen LogP contribution in [0.4, 0.5) is 9.18 Å². The maximum atomic E-state index is 13.0. The van der Waals surface area contributed by atoms with Crippen molar-refractivity contribution in [2.45, 2.75) is 44.5 Å². The monoisotopic (exact) mass is 293 g/mol. The summed E-state index contributed by atoms with van der Waals surface area (Å²) in [4.78, 5) is 13.7. The van der Waals surface area contributed by atoms with Crippen LogP contribution in [0.2, 0.25) is 0 Å². The minimum atomic E-state index is -0.493. The standard InChI is InChI=1S/C16H20FNO3/c1-15(2,3)21-14(19)18-9-8-16(13(10-18)20-16)11-4-6-12(17)7-5-11/h4-7,13H,8-10H2,1-3H3/t13-,16-/m1/s1. The first kappa shape index (κ1) is 14.3. The lowest BCUT2D eigenvalue weighted by Gasteiger charge is -2.31. The van der Waals surface area contributed by atoms with Gasteiger partial charge in [0.15, 0.2) is 0 Å². The molecule has 5 heteroatoms. The van der Waals surface area contributed by atoms with E-state index in [0.717, 1.165) is 5.56 Å². The van der Waals surface area contributed by atoms with Crippen molar-refractivity contribution in [2.75, 3.05) is 13.1 Å². The van der Waals surface area contributed by atoms with Gasteiger partial charge >= 0.3 is 6.09 Å². The number of benzene rings is 1. The topological polar surface area (TPSA) is 42.1 Å². The SMILES string of the molecule is CC(C)(C)OC(=O)N1CC[C@]2(c3ccc(F)cc3)O[C@@H]2C1. The van der Waals surface area contributed by atoms with E-state index in [9.17, 15) is 9.18 Å². The number of carbonyl (C=O) groups is 1. The van der Waals surface area contributed by atoms with Gasteiger partial charge < -0.3 is 14.4 Å². The van der Waals surface area contributed by atoms with Gasteiger partial charge in [-0.05, 0) is 38.5 Å². The van der Waals surface area contributed by atoms with Crippen LogP contribution < -0.4 is 0 Å². The zero-order valence-electron chi connectivity index (χ0n) is 12.6. The maximum absolute atomic E-state index is 13.0. The first-order valence-electron chi connectivity index (χ1n) is 7.22. The zero-order valence-corrected chi connectivity index (χ0v) is 12.6. The molecule has 21 heavy (non-hydrogen) atoms. The first-order valence-corrected chi connectivity index (χ1v) is 7.22. The van der Waals surface area contributed by atoms with E-state index in [0.29, 0.717) is 19.5 Å². The third-order valence-corrected chi connectivity index (χ3v) is 3.94. The molecular weight excluding hydrogens is 273 g/mol. The van der Waals surface area contributed by atoms with Gasteiger partial charge in [-0.15, -0.1) is 0 Å². The highest BCUT2D eigenvalue weighted by Crippen LogP contribution is 2.51. The van der Waals surface area contributed by atoms with E-state index < -0.39 is 5.60 Å². The Labute approximate surface area is 123 Å². The van der Waals surface area contributed by atoms with E-state index in [2.05, 4.69) is 0 Å². The number of amides is 1. The van der Waals surface area contributed by atoms with Gasteiger partial charge in [0.1, 0.15) is 23.1 Å². The Morgan fingerprint density at radius 3 is 2.62 bits per heavy atom. The molecule has 0 unspecified atom stereocenters. The van der Waals surface area contributed by atoms with Crippen LogP contribution in [0, 0.1) is 5.82 Å². The smallest absolute Gasteiger partial charge is 0.410 e. The second-order valence-corrected chi connectivity index (χ2v) is 6.68.